The number of anilines is 1. The van der Waals surface area contributed by atoms with Crippen LogP contribution in [0, 0.1) is 20.8 Å². The van der Waals surface area contributed by atoms with Gasteiger partial charge >= 0.3 is 5.97 Å². The van der Waals surface area contributed by atoms with Crippen LogP contribution in [0.1, 0.15) is 54.9 Å². The van der Waals surface area contributed by atoms with Crippen LogP contribution < -0.4 is 10.1 Å². The number of rotatable bonds is 10. The van der Waals surface area contributed by atoms with Gasteiger partial charge in [-0.25, -0.2) is 4.79 Å². The average molecular weight is 456 g/mol. The smallest absolute Gasteiger partial charge is 0.329 e. The summed E-state index contributed by atoms with van der Waals surface area (Å²) >= 11 is 0. The third-order valence-electron chi connectivity index (χ3n) is 6.68. The molecule has 1 saturated heterocycles. The van der Waals surface area contributed by atoms with E-state index in [4.69, 9.17) is 14.2 Å². The molecule has 2 aromatic carbocycles. The molecule has 33 heavy (non-hydrogen) atoms. The van der Waals surface area contributed by atoms with Gasteiger partial charge in [-0.15, -0.1) is 0 Å². The molecular weight excluding hydrogens is 418 g/mol. The van der Waals surface area contributed by atoms with Gasteiger partial charge in [-0.3, -0.25) is 0 Å². The number of unbranched alkanes of at least 4 members (excludes halogenated alkanes) is 1. The van der Waals surface area contributed by atoms with Gasteiger partial charge in [-0.05, 0) is 72.7 Å². The molecule has 0 aromatic heterocycles. The minimum Gasteiger partial charge on any atom is -0.496 e. The van der Waals surface area contributed by atoms with Gasteiger partial charge in [-0.2, -0.15) is 0 Å². The van der Waals surface area contributed by atoms with E-state index in [9.17, 15) is 9.90 Å². The summed E-state index contributed by atoms with van der Waals surface area (Å²) in [6.07, 6.45) is 2.94. The maximum atomic E-state index is 12.1. The lowest BCUT2D eigenvalue weighted by Crippen LogP contribution is -2.50. The zero-order valence-electron chi connectivity index (χ0n) is 20.5. The summed E-state index contributed by atoms with van der Waals surface area (Å²) in [4.78, 5) is 12.1. The number of nitrogens with one attached hydrogen (secondary N) is 1. The molecule has 0 bridgehead atoms. The zero-order chi connectivity index (χ0) is 24.0. The van der Waals surface area contributed by atoms with Crippen molar-refractivity contribution in [1.82, 2.24) is 0 Å². The minimum absolute atomic E-state index is 0.430. The van der Waals surface area contributed by atoms with Gasteiger partial charge in [-0.1, -0.05) is 25.5 Å². The molecular formula is C27H37NO5. The molecule has 1 fully saturated rings. The normalized spacial score (nSPS) is 15.3. The number of carboxylic acid groups (broad SMARTS) is 1. The summed E-state index contributed by atoms with van der Waals surface area (Å²) < 4.78 is 17.1. The predicted molar refractivity (Wildman–Crippen MR) is 131 cm³/mol. The quantitative estimate of drug-likeness (QED) is 0.451. The lowest BCUT2D eigenvalue weighted by atomic mass is 9.88. The van der Waals surface area contributed by atoms with Crippen molar-refractivity contribution in [2.75, 3.05) is 32.2 Å². The third kappa shape index (κ3) is 5.50. The van der Waals surface area contributed by atoms with Gasteiger partial charge in [0.1, 0.15) is 11.3 Å². The van der Waals surface area contributed by atoms with Crippen molar-refractivity contribution in [3.63, 3.8) is 0 Å². The Morgan fingerprint density at radius 3 is 2.48 bits per heavy atom. The van der Waals surface area contributed by atoms with Crippen LogP contribution in [0.2, 0.25) is 0 Å². The molecule has 6 heteroatoms. The predicted octanol–water partition coefficient (Wildman–Crippen LogP) is 5.65. The average Bonchev–Trinajstić information content (AvgIpc) is 2.80. The first-order chi connectivity index (χ1) is 15.8. The Bertz CT molecular complexity index is 979. The van der Waals surface area contributed by atoms with E-state index < -0.39 is 11.5 Å². The van der Waals surface area contributed by atoms with Crippen molar-refractivity contribution in [3.05, 3.63) is 46.5 Å². The van der Waals surface area contributed by atoms with Crippen molar-refractivity contribution in [2.24, 2.45) is 0 Å². The van der Waals surface area contributed by atoms with Crippen LogP contribution in [-0.4, -0.2) is 43.5 Å². The van der Waals surface area contributed by atoms with Crippen LogP contribution in [0.25, 0.3) is 11.1 Å². The fourth-order valence-corrected chi connectivity index (χ4v) is 4.47. The van der Waals surface area contributed by atoms with Crippen molar-refractivity contribution >= 4 is 11.7 Å². The van der Waals surface area contributed by atoms with Crippen LogP contribution in [0.3, 0.4) is 0 Å². The lowest BCUT2D eigenvalue weighted by Gasteiger charge is -2.35. The lowest BCUT2D eigenvalue weighted by molar-refractivity contribution is -0.145. The van der Waals surface area contributed by atoms with E-state index in [1.807, 2.05) is 12.1 Å². The molecule has 0 radical (unpaired) electrons. The number of hydrogen-bond acceptors (Lipinski definition) is 5. The number of aliphatic carboxylic acids is 1. The summed E-state index contributed by atoms with van der Waals surface area (Å²) in [5, 5.41) is 13.3. The highest BCUT2D eigenvalue weighted by atomic mass is 16.5. The monoisotopic (exact) mass is 455 g/mol. The van der Waals surface area contributed by atoms with Gasteiger partial charge in [0.25, 0.3) is 0 Å². The number of methoxy groups -OCH3 is 1. The maximum absolute atomic E-state index is 12.1. The summed E-state index contributed by atoms with van der Waals surface area (Å²) in [6, 6.07) is 8.25. The van der Waals surface area contributed by atoms with Crippen molar-refractivity contribution < 1.29 is 24.1 Å². The van der Waals surface area contributed by atoms with Crippen molar-refractivity contribution in [2.45, 2.75) is 65.5 Å². The number of hydrogen-bond donors (Lipinski definition) is 2. The van der Waals surface area contributed by atoms with Crippen LogP contribution >= 0.6 is 0 Å². The molecule has 2 aromatic rings. The number of ether oxygens (including phenoxy) is 3. The summed E-state index contributed by atoms with van der Waals surface area (Å²) in [7, 11) is 1.71. The molecule has 0 spiro atoms. The van der Waals surface area contributed by atoms with E-state index in [0.29, 0.717) is 39.3 Å². The second kappa shape index (κ2) is 11.0. The zero-order valence-corrected chi connectivity index (χ0v) is 20.5. The Balaban J connectivity index is 2.02. The number of carbonyl (C=O) groups is 1. The standard InChI is InChI=1S/C27H37NO5/c1-6-7-12-33-17-21-16-22(28-27(26(29)30)10-13-32-14-11-27)8-9-23(21)24-15-18(2)19(3)25(31-5)20(24)4/h8-9,15-16,28H,6-7,10-14,17H2,1-5H3,(H,29,30). The first-order valence-corrected chi connectivity index (χ1v) is 11.8. The Kier molecular flexibility index (Phi) is 8.38. The van der Waals surface area contributed by atoms with Crippen molar-refractivity contribution in [1.29, 1.82) is 0 Å². The fourth-order valence-electron chi connectivity index (χ4n) is 4.47. The van der Waals surface area contributed by atoms with Crippen LogP contribution in [0.15, 0.2) is 24.3 Å². The molecule has 0 amide bonds. The molecule has 180 valence electrons. The first kappa shape index (κ1) is 25.1. The maximum Gasteiger partial charge on any atom is 0.329 e. The van der Waals surface area contributed by atoms with E-state index in [1.54, 1.807) is 7.11 Å². The summed E-state index contributed by atoms with van der Waals surface area (Å²) in [5.41, 5.74) is 6.37. The van der Waals surface area contributed by atoms with E-state index in [-0.39, 0.29) is 0 Å². The van der Waals surface area contributed by atoms with E-state index in [2.05, 4.69) is 45.1 Å². The largest absolute Gasteiger partial charge is 0.496 e. The van der Waals surface area contributed by atoms with Gasteiger partial charge in [0, 0.05) is 38.3 Å². The van der Waals surface area contributed by atoms with Crippen molar-refractivity contribution in [3.8, 4) is 16.9 Å². The number of carboxylic acids is 1. The Morgan fingerprint density at radius 1 is 1.12 bits per heavy atom. The molecule has 1 aliphatic rings. The van der Waals surface area contributed by atoms with Crippen LogP contribution in [0.4, 0.5) is 5.69 Å². The SMILES string of the molecule is CCCCOCc1cc(NC2(C(=O)O)CCOCC2)ccc1-c1cc(C)c(C)c(OC)c1C. The first-order valence-electron chi connectivity index (χ1n) is 11.8. The van der Waals surface area contributed by atoms with Gasteiger partial charge in [0.15, 0.2) is 0 Å². The van der Waals surface area contributed by atoms with E-state index in [0.717, 1.165) is 52.1 Å². The topological polar surface area (TPSA) is 77.0 Å². The molecule has 0 unspecified atom stereocenters. The molecule has 0 saturated carbocycles. The molecule has 1 heterocycles. The third-order valence-corrected chi connectivity index (χ3v) is 6.68. The molecule has 0 atom stereocenters. The van der Waals surface area contributed by atoms with Gasteiger partial charge in [0.05, 0.1) is 13.7 Å². The van der Waals surface area contributed by atoms with Crippen LogP contribution in [0.5, 0.6) is 5.75 Å². The Hall–Kier alpha value is -2.57. The van der Waals surface area contributed by atoms with E-state index >= 15 is 0 Å². The Labute approximate surface area is 197 Å². The second-order valence-corrected chi connectivity index (χ2v) is 8.93. The fraction of sp³-hybridized carbons (Fsp3) is 0.519. The molecule has 1 aliphatic heterocycles. The summed E-state index contributed by atoms with van der Waals surface area (Å²) in [6.45, 7) is 10.4. The molecule has 2 N–H and O–H groups in total. The highest BCUT2D eigenvalue weighted by Gasteiger charge is 2.40. The number of benzene rings is 2. The second-order valence-electron chi connectivity index (χ2n) is 8.93. The summed E-state index contributed by atoms with van der Waals surface area (Å²) in [5.74, 6) is 0.0578. The molecule has 3 rings (SSSR count). The minimum atomic E-state index is -1.01. The van der Waals surface area contributed by atoms with Gasteiger partial charge < -0.3 is 24.6 Å². The Morgan fingerprint density at radius 2 is 1.85 bits per heavy atom. The molecule has 6 nitrogen and oxygen atoms in total. The highest BCUT2D eigenvalue weighted by Crippen LogP contribution is 2.38. The van der Waals surface area contributed by atoms with Gasteiger partial charge in [0.2, 0.25) is 0 Å². The number of aryl methyl sites for hydroxylation is 1. The van der Waals surface area contributed by atoms with Crippen LogP contribution in [-0.2, 0) is 20.9 Å². The van der Waals surface area contributed by atoms with E-state index in [1.165, 1.54) is 5.56 Å². The highest BCUT2D eigenvalue weighted by molar-refractivity contribution is 5.84. The molecule has 0 aliphatic carbocycles.